The van der Waals surface area contributed by atoms with Crippen LogP contribution in [0.15, 0.2) is 42.6 Å². The molecule has 1 saturated carbocycles. The lowest BCUT2D eigenvalue weighted by Crippen LogP contribution is -2.50. The van der Waals surface area contributed by atoms with Crippen molar-refractivity contribution in [1.82, 2.24) is 15.2 Å². The number of halogens is 2. The van der Waals surface area contributed by atoms with Crippen LogP contribution in [0.5, 0.6) is 0 Å². The van der Waals surface area contributed by atoms with Crippen molar-refractivity contribution >= 4 is 0 Å². The molecule has 3 heterocycles. The van der Waals surface area contributed by atoms with Crippen LogP contribution in [0.1, 0.15) is 106 Å². The summed E-state index contributed by atoms with van der Waals surface area (Å²) in [6.45, 7) is 5.19. The van der Waals surface area contributed by atoms with Crippen molar-refractivity contribution in [1.29, 1.82) is 0 Å². The first-order valence-corrected chi connectivity index (χ1v) is 14.8. The molecule has 6 rings (SSSR count). The Balaban J connectivity index is 1.21. The molecule has 1 aromatic carbocycles. The van der Waals surface area contributed by atoms with Crippen LogP contribution in [-0.4, -0.2) is 47.1 Å². The monoisotopic (exact) mass is 523 g/mol. The van der Waals surface area contributed by atoms with Gasteiger partial charge in [-0.15, -0.1) is 0 Å². The minimum absolute atomic E-state index is 0.0217. The first kappa shape index (κ1) is 26.3. The molecule has 0 amide bonds. The van der Waals surface area contributed by atoms with Gasteiger partial charge in [-0.05, 0) is 93.7 Å². The molecular formula is C32H43F2N3O. The Morgan fingerprint density at radius 2 is 1.97 bits per heavy atom. The van der Waals surface area contributed by atoms with Gasteiger partial charge in [0.05, 0.1) is 11.6 Å². The van der Waals surface area contributed by atoms with Crippen molar-refractivity contribution < 1.29 is 13.5 Å². The van der Waals surface area contributed by atoms with Gasteiger partial charge in [0.2, 0.25) is 0 Å². The predicted octanol–water partition coefficient (Wildman–Crippen LogP) is 6.90. The summed E-state index contributed by atoms with van der Waals surface area (Å²) in [6.07, 6.45) is 12.6. The van der Waals surface area contributed by atoms with Crippen molar-refractivity contribution in [3.63, 3.8) is 0 Å². The molecule has 206 valence electrons. The molecule has 1 N–H and O–H groups in total. The summed E-state index contributed by atoms with van der Waals surface area (Å²) in [6, 6.07) is 12.5. The van der Waals surface area contributed by atoms with E-state index in [1.165, 1.54) is 48.1 Å². The zero-order chi connectivity index (χ0) is 26.4. The van der Waals surface area contributed by atoms with Crippen LogP contribution in [0, 0.1) is 0 Å². The van der Waals surface area contributed by atoms with E-state index in [1.807, 2.05) is 12.3 Å². The van der Waals surface area contributed by atoms with Crippen LogP contribution in [0.2, 0.25) is 0 Å². The number of pyridine rings is 1. The average molecular weight is 524 g/mol. The summed E-state index contributed by atoms with van der Waals surface area (Å²) in [5.74, 6) is -2.71. The fourth-order valence-electron chi connectivity index (χ4n) is 8.17. The van der Waals surface area contributed by atoms with Gasteiger partial charge in [0.15, 0.2) is 0 Å². The van der Waals surface area contributed by atoms with E-state index in [0.29, 0.717) is 6.54 Å². The number of ether oxygens (including phenoxy) is 1. The van der Waals surface area contributed by atoms with Crippen molar-refractivity contribution in [3.05, 3.63) is 65.0 Å². The van der Waals surface area contributed by atoms with Gasteiger partial charge in [0.1, 0.15) is 0 Å². The fourth-order valence-corrected chi connectivity index (χ4v) is 8.17. The molecule has 2 fully saturated rings. The van der Waals surface area contributed by atoms with E-state index < -0.39 is 12.0 Å². The molecule has 1 saturated heterocycles. The highest BCUT2D eigenvalue weighted by Gasteiger charge is 2.49. The van der Waals surface area contributed by atoms with Gasteiger partial charge in [-0.1, -0.05) is 37.1 Å². The molecule has 0 radical (unpaired) electrons. The number of benzene rings is 1. The van der Waals surface area contributed by atoms with E-state index in [-0.39, 0.29) is 23.1 Å². The zero-order valence-electron chi connectivity index (χ0n) is 23.0. The van der Waals surface area contributed by atoms with Crippen molar-refractivity contribution in [3.8, 4) is 0 Å². The molecule has 2 aliphatic carbocycles. The van der Waals surface area contributed by atoms with Crippen molar-refractivity contribution in [2.45, 2.75) is 113 Å². The highest BCUT2D eigenvalue weighted by Crippen LogP contribution is 2.50. The van der Waals surface area contributed by atoms with Gasteiger partial charge in [-0.25, -0.2) is 8.78 Å². The third-order valence-electron chi connectivity index (χ3n) is 10.3. The molecule has 4 aliphatic rings. The van der Waals surface area contributed by atoms with Crippen LogP contribution in [0.25, 0.3) is 0 Å². The van der Waals surface area contributed by atoms with Crippen LogP contribution in [0.3, 0.4) is 0 Å². The van der Waals surface area contributed by atoms with Crippen molar-refractivity contribution in [2.75, 3.05) is 19.7 Å². The molecule has 4 atom stereocenters. The maximum absolute atomic E-state index is 14.3. The number of nitrogens with one attached hydrogen (secondary N) is 1. The Morgan fingerprint density at radius 1 is 1.13 bits per heavy atom. The normalized spacial score (nSPS) is 29.8. The van der Waals surface area contributed by atoms with Gasteiger partial charge >= 0.3 is 0 Å². The molecule has 2 aliphatic heterocycles. The molecule has 1 spiro atoms. The van der Waals surface area contributed by atoms with E-state index in [1.54, 1.807) is 6.92 Å². The van der Waals surface area contributed by atoms with E-state index in [9.17, 15) is 8.78 Å². The van der Waals surface area contributed by atoms with E-state index in [4.69, 9.17) is 9.72 Å². The van der Waals surface area contributed by atoms with Gasteiger partial charge in [0, 0.05) is 49.5 Å². The molecule has 1 aromatic heterocycles. The van der Waals surface area contributed by atoms with Gasteiger partial charge in [-0.3, -0.25) is 9.88 Å². The first-order valence-electron chi connectivity index (χ1n) is 14.8. The Morgan fingerprint density at radius 3 is 2.74 bits per heavy atom. The minimum atomic E-state index is -2.71. The Kier molecular flexibility index (Phi) is 7.11. The maximum atomic E-state index is 14.3. The third kappa shape index (κ3) is 4.82. The van der Waals surface area contributed by atoms with Gasteiger partial charge in [0.25, 0.3) is 5.92 Å². The number of nitrogens with zero attached hydrogens (tertiary/aromatic N) is 2. The summed E-state index contributed by atoms with van der Waals surface area (Å²) in [4.78, 5) is 6.94. The first-order chi connectivity index (χ1) is 18.3. The van der Waals surface area contributed by atoms with Crippen LogP contribution < -0.4 is 5.32 Å². The second-order valence-corrected chi connectivity index (χ2v) is 12.6. The van der Waals surface area contributed by atoms with E-state index in [0.717, 1.165) is 58.6 Å². The summed E-state index contributed by atoms with van der Waals surface area (Å²) in [5, 5.41) is 3.93. The number of aromatic nitrogens is 1. The number of rotatable bonds is 7. The molecule has 38 heavy (non-hydrogen) atoms. The summed E-state index contributed by atoms with van der Waals surface area (Å²) < 4.78 is 35.1. The lowest BCUT2D eigenvalue weighted by Gasteiger charge is -2.48. The van der Waals surface area contributed by atoms with E-state index in [2.05, 4.69) is 40.5 Å². The van der Waals surface area contributed by atoms with Crippen LogP contribution in [0.4, 0.5) is 8.78 Å². The fraction of sp³-hybridized carbons (Fsp3) is 0.656. The van der Waals surface area contributed by atoms with Gasteiger partial charge in [-0.2, -0.15) is 0 Å². The molecule has 0 bridgehead atoms. The largest absolute Gasteiger partial charge is 0.375 e. The molecule has 4 nitrogen and oxygen atoms in total. The lowest BCUT2D eigenvalue weighted by atomic mass is 9.68. The maximum Gasteiger partial charge on any atom is 0.260 e. The van der Waals surface area contributed by atoms with E-state index >= 15 is 0 Å². The molecule has 6 heteroatoms. The Labute approximate surface area is 226 Å². The number of hydrogen-bond acceptors (Lipinski definition) is 4. The summed E-state index contributed by atoms with van der Waals surface area (Å²) >= 11 is 0. The molecule has 3 unspecified atom stereocenters. The average Bonchev–Trinajstić information content (AvgIpc) is 3.36. The summed E-state index contributed by atoms with van der Waals surface area (Å²) in [5.41, 5.74) is 5.24. The van der Waals surface area contributed by atoms with Gasteiger partial charge < -0.3 is 10.1 Å². The Hall–Kier alpha value is -1.89. The molecular weight excluding hydrogens is 480 g/mol. The minimum Gasteiger partial charge on any atom is -0.375 e. The second-order valence-electron chi connectivity index (χ2n) is 12.6. The SMILES string of the molecule is CC(N1CCc2cccc3c2C1CCC3NCC[C@@]1(c2ccccn2)CCOC2(CCCC2)C1)C(C)(F)F. The second kappa shape index (κ2) is 10.3. The summed E-state index contributed by atoms with van der Waals surface area (Å²) in [7, 11) is 0. The highest BCUT2D eigenvalue weighted by molar-refractivity contribution is 5.43. The van der Waals surface area contributed by atoms with Crippen LogP contribution in [-0.2, 0) is 16.6 Å². The topological polar surface area (TPSA) is 37.4 Å². The van der Waals surface area contributed by atoms with Crippen LogP contribution >= 0.6 is 0 Å². The standard InChI is InChI=1S/C32H43F2N3O/c1-23(30(2,33)34)37-20-13-24-8-7-9-25-26(11-12-27(37)29(24)25)35-19-16-31(28-10-3-6-18-36-28)17-21-38-32(22-31)14-4-5-15-32/h3,6-10,18,23,26-27,35H,4-5,11-17,19-22H2,1-2H3/t23?,26?,27?,31-/m1/s1. The van der Waals surface area contributed by atoms with Crippen molar-refractivity contribution in [2.24, 2.45) is 0 Å². The quantitative estimate of drug-likeness (QED) is 0.428. The number of hydrogen-bond donors (Lipinski definition) is 1. The number of alkyl halides is 2. The zero-order valence-corrected chi connectivity index (χ0v) is 23.0. The third-order valence-corrected chi connectivity index (χ3v) is 10.3. The lowest BCUT2D eigenvalue weighted by molar-refractivity contribution is -0.104. The highest BCUT2D eigenvalue weighted by atomic mass is 19.3. The Bertz CT molecular complexity index is 1110. The smallest absolute Gasteiger partial charge is 0.260 e. The molecule has 2 aromatic rings. The predicted molar refractivity (Wildman–Crippen MR) is 147 cm³/mol.